The lowest BCUT2D eigenvalue weighted by molar-refractivity contribution is 0.0932. The molecule has 1 amide bonds. The first kappa shape index (κ1) is 14.6. The van der Waals surface area contributed by atoms with Gasteiger partial charge in [-0.25, -0.2) is 4.98 Å². The zero-order valence-electron chi connectivity index (χ0n) is 10.7. The second-order valence-electron chi connectivity index (χ2n) is 5.04. The molecule has 0 fully saturated rings. The monoisotopic (exact) mass is 254 g/mol. The zero-order valence-corrected chi connectivity index (χ0v) is 10.7. The zero-order chi connectivity index (χ0) is 13.6. The van der Waals surface area contributed by atoms with Gasteiger partial charge in [0, 0.05) is 19.3 Å². The lowest BCUT2D eigenvalue weighted by Crippen LogP contribution is -2.34. The first-order chi connectivity index (χ1) is 8.44. The molecule has 1 heterocycles. The number of aliphatic hydroxyl groups excluding tert-OH is 1. The molecule has 1 aromatic rings. The fourth-order valence-electron chi connectivity index (χ4n) is 1.58. The van der Waals surface area contributed by atoms with Crippen molar-refractivity contribution in [2.45, 2.75) is 26.7 Å². The molecule has 0 aromatic carbocycles. The van der Waals surface area contributed by atoms with Crippen molar-refractivity contribution in [2.24, 2.45) is 5.41 Å². The van der Waals surface area contributed by atoms with Gasteiger partial charge in [0.25, 0.3) is 5.91 Å². The van der Waals surface area contributed by atoms with E-state index >= 15 is 0 Å². The minimum atomic E-state index is -0.602. The van der Waals surface area contributed by atoms with Crippen LogP contribution in [0.2, 0.25) is 0 Å². The summed E-state index contributed by atoms with van der Waals surface area (Å²) in [5.74, 6) is -0.866. The van der Waals surface area contributed by atoms with Crippen molar-refractivity contribution in [3.05, 3.63) is 29.8 Å². The summed E-state index contributed by atoms with van der Waals surface area (Å²) in [6.45, 7) is 4.69. The van der Waals surface area contributed by atoms with Crippen LogP contribution in [0.4, 0.5) is 4.39 Å². The van der Waals surface area contributed by atoms with Crippen LogP contribution in [0, 0.1) is 11.4 Å². The standard InChI is InChI=1S/C13H19FN2O2/c1-13(2,6-3-7-17)9-16-12(18)10-4-5-11(14)15-8-10/h4-5,8,17H,3,6-7,9H2,1-2H3,(H,16,18). The first-order valence-electron chi connectivity index (χ1n) is 5.95. The third-order valence-corrected chi connectivity index (χ3v) is 2.73. The number of aliphatic hydroxyl groups is 1. The number of rotatable bonds is 6. The Morgan fingerprint density at radius 3 is 2.78 bits per heavy atom. The molecular formula is C13H19FN2O2. The molecule has 0 aliphatic heterocycles. The summed E-state index contributed by atoms with van der Waals surface area (Å²) in [7, 11) is 0. The van der Waals surface area contributed by atoms with Gasteiger partial charge in [-0.15, -0.1) is 0 Å². The molecule has 1 rings (SSSR count). The first-order valence-corrected chi connectivity index (χ1v) is 5.95. The highest BCUT2D eigenvalue weighted by Crippen LogP contribution is 2.20. The minimum absolute atomic E-state index is 0.0775. The van der Waals surface area contributed by atoms with Gasteiger partial charge in [0.05, 0.1) is 5.56 Å². The van der Waals surface area contributed by atoms with Crippen LogP contribution in [0.1, 0.15) is 37.0 Å². The third kappa shape index (κ3) is 4.79. The van der Waals surface area contributed by atoms with E-state index in [4.69, 9.17) is 5.11 Å². The summed E-state index contributed by atoms with van der Waals surface area (Å²) in [4.78, 5) is 15.2. The summed E-state index contributed by atoms with van der Waals surface area (Å²) in [6, 6.07) is 2.56. The van der Waals surface area contributed by atoms with Gasteiger partial charge >= 0.3 is 0 Å². The lowest BCUT2D eigenvalue weighted by atomic mass is 9.88. The van der Waals surface area contributed by atoms with Crippen LogP contribution in [0.3, 0.4) is 0 Å². The molecule has 18 heavy (non-hydrogen) atoms. The molecule has 0 aliphatic carbocycles. The highest BCUT2D eigenvalue weighted by molar-refractivity contribution is 5.93. The molecule has 100 valence electrons. The van der Waals surface area contributed by atoms with E-state index in [-0.39, 0.29) is 17.9 Å². The normalized spacial score (nSPS) is 11.3. The smallest absolute Gasteiger partial charge is 0.252 e. The predicted octanol–water partition coefficient (Wildman–Crippen LogP) is 1.75. The molecule has 2 N–H and O–H groups in total. The Bertz CT molecular complexity index is 390. The van der Waals surface area contributed by atoms with Gasteiger partial charge in [0.2, 0.25) is 5.95 Å². The average Bonchev–Trinajstić information content (AvgIpc) is 2.35. The van der Waals surface area contributed by atoms with Crippen LogP contribution in [0.25, 0.3) is 0 Å². The van der Waals surface area contributed by atoms with E-state index in [1.165, 1.54) is 12.3 Å². The second-order valence-corrected chi connectivity index (χ2v) is 5.04. The molecule has 0 unspecified atom stereocenters. The van der Waals surface area contributed by atoms with Gasteiger partial charge in [0.1, 0.15) is 0 Å². The van der Waals surface area contributed by atoms with Gasteiger partial charge in [-0.1, -0.05) is 13.8 Å². The Kier molecular flexibility index (Phi) is 5.22. The Balaban J connectivity index is 2.48. The number of carbonyl (C=O) groups is 1. The Morgan fingerprint density at radius 2 is 2.22 bits per heavy atom. The molecular weight excluding hydrogens is 235 g/mol. The quantitative estimate of drug-likeness (QED) is 0.760. The number of pyridine rings is 1. The van der Waals surface area contributed by atoms with Gasteiger partial charge < -0.3 is 10.4 Å². The number of hydrogen-bond acceptors (Lipinski definition) is 3. The molecule has 0 aliphatic rings. The third-order valence-electron chi connectivity index (χ3n) is 2.73. The number of amides is 1. The van der Waals surface area contributed by atoms with Crippen molar-refractivity contribution in [1.82, 2.24) is 10.3 Å². The number of carbonyl (C=O) groups excluding carboxylic acids is 1. The number of halogens is 1. The molecule has 1 aromatic heterocycles. The summed E-state index contributed by atoms with van der Waals surface area (Å²) in [5.41, 5.74) is 0.264. The summed E-state index contributed by atoms with van der Waals surface area (Å²) >= 11 is 0. The molecule has 0 spiro atoms. The molecule has 0 radical (unpaired) electrons. The summed E-state index contributed by atoms with van der Waals surface area (Å²) in [6.07, 6.45) is 2.75. The number of aromatic nitrogens is 1. The van der Waals surface area contributed by atoms with E-state index in [9.17, 15) is 9.18 Å². The van der Waals surface area contributed by atoms with Crippen molar-refractivity contribution in [3.8, 4) is 0 Å². The van der Waals surface area contributed by atoms with Gasteiger partial charge in [-0.3, -0.25) is 4.79 Å². The van der Waals surface area contributed by atoms with E-state index in [0.717, 1.165) is 12.5 Å². The molecule has 5 heteroatoms. The lowest BCUT2D eigenvalue weighted by Gasteiger charge is -2.24. The maximum Gasteiger partial charge on any atom is 0.252 e. The van der Waals surface area contributed by atoms with Crippen LogP contribution in [-0.4, -0.2) is 29.1 Å². The Labute approximate surface area is 106 Å². The van der Waals surface area contributed by atoms with Gasteiger partial charge in [0.15, 0.2) is 0 Å². The molecule has 4 nitrogen and oxygen atoms in total. The predicted molar refractivity (Wildman–Crippen MR) is 66.6 cm³/mol. The van der Waals surface area contributed by atoms with Crippen molar-refractivity contribution in [1.29, 1.82) is 0 Å². The van der Waals surface area contributed by atoms with Crippen LogP contribution in [-0.2, 0) is 0 Å². The highest BCUT2D eigenvalue weighted by Gasteiger charge is 2.18. The van der Waals surface area contributed by atoms with E-state index in [1.54, 1.807) is 0 Å². The van der Waals surface area contributed by atoms with Gasteiger partial charge in [-0.2, -0.15) is 4.39 Å². The minimum Gasteiger partial charge on any atom is -0.396 e. The second kappa shape index (κ2) is 6.44. The maximum atomic E-state index is 12.6. The van der Waals surface area contributed by atoms with Crippen LogP contribution < -0.4 is 5.32 Å². The van der Waals surface area contributed by atoms with Crippen LogP contribution in [0.15, 0.2) is 18.3 Å². The van der Waals surface area contributed by atoms with E-state index in [2.05, 4.69) is 10.3 Å². The van der Waals surface area contributed by atoms with Crippen LogP contribution in [0.5, 0.6) is 0 Å². The van der Waals surface area contributed by atoms with Crippen molar-refractivity contribution >= 4 is 5.91 Å². The highest BCUT2D eigenvalue weighted by atomic mass is 19.1. The Hall–Kier alpha value is -1.49. The molecule has 0 atom stereocenters. The molecule has 0 saturated heterocycles. The molecule has 0 saturated carbocycles. The topological polar surface area (TPSA) is 62.2 Å². The SMILES string of the molecule is CC(C)(CCCO)CNC(=O)c1ccc(F)nc1. The van der Waals surface area contributed by atoms with Crippen LogP contribution >= 0.6 is 0 Å². The Morgan fingerprint density at radius 1 is 1.50 bits per heavy atom. The number of hydrogen-bond donors (Lipinski definition) is 2. The van der Waals surface area contributed by atoms with Crippen molar-refractivity contribution in [2.75, 3.05) is 13.2 Å². The summed E-state index contributed by atoms with van der Waals surface area (Å²) < 4.78 is 12.6. The fourth-order valence-corrected chi connectivity index (χ4v) is 1.58. The van der Waals surface area contributed by atoms with E-state index in [1.807, 2.05) is 13.8 Å². The largest absolute Gasteiger partial charge is 0.396 e. The maximum absolute atomic E-state index is 12.6. The van der Waals surface area contributed by atoms with Crippen molar-refractivity contribution in [3.63, 3.8) is 0 Å². The van der Waals surface area contributed by atoms with Crippen molar-refractivity contribution < 1.29 is 14.3 Å². The summed E-state index contributed by atoms with van der Waals surface area (Å²) in [5, 5.41) is 11.6. The van der Waals surface area contributed by atoms with E-state index in [0.29, 0.717) is 18.5 Å². The number of nitrogens with one attached hydrogen (secondary N) is 1. The average molecular weight is 254 g/mol. The molecule has 0 bridgehead atoms. The number of nitrogens with zero attached hydrogens (tertiary/aromatic N) is 1. The van der Waals surface area contributed by atoms with E-state index < -0.39 is 5.95 Å². The van der Waals surface area contributed by atoms with Gasteiger partial charge in [-0.05, 0) is 30.4 Å². The fraction of sp³-hybridized carbons (Fsp3) is 0.538.